The van der Waals surface area contributed by atoms with Gasteiger partial charge in [0.15, 0.2) is 5.16 Å². The van der Waals surface area contributed by atoms with Gasteiger partial charge in [0, 0.05) is 11.9 Å². The van der Waals surface area contributed by atoms with Crippen LogP contribution in [-0.4, -0.2) is 33.0 Å². The molecule has 0 aliphatic heterocycles. The summed E-state index contributed by atoms with van der Waals surface area (Å²) in [6.45, 7) is 0. The molecule has 0 spiro atoms. The van der Waals surface area contributed by atoms with E-state index in [0.717, 1.165) is 0 Å². The average Bonchev–Trinajstić information content (AvgIpc) is 2.74. The van der Waals surface area contributed by atoms with Gasteiger partial charge in [-0.15, -0.1) is 10.2 Å². The molecule has 0 saturated heterocycles. The van der Waals surface area contributed by atoms with Gasteiger partial charge in [-0.3, -0.25) is 0 Å². The van der Waals surface area contributed by atoms with E-state index in [-0.39, 0.29) is 5.56 Å². The quantitative estimate of drug-likeness (QED) is 0.906. The van der Waals surface area contributed by atoms with Crippen molar-refractivity contribution in [3.63, 3.8) is 0 Å². The Kier molecular flexibility index (Phi) is 3.52. The minimum Gasteiger partial charge on any atom is -0.497 e. The fourth-order valence-corrected chi connectivity index (χ4v) is 2.27. The summed E-state index contributed by atoms with van der Waals surface area (Å²) in [6, 6.07) is 4.80. The van der Waals surface area contributed by atoms with E-state index in [9.17, 15) is 4.79 Å². The Morgan fingerprint density at radius 1 is 1.50 bits per heavy atom. The van der Waals surface area contributed by atoms with Crippen LogP contribution in [0.4, 0.5) is 0 Å². The van der Waals surface area contributed by atoms with Gasteiger partial charge in [-0.25, -0.2) is 4.79 Å². The number of hydrogen-bond acceptors (Lipinski definition) is 5. The first-order valence-electron chi connectivity index (χ1n) is 5.05. The lowest BCUT2D eigenvalue weighted by atomic mass is 10.2. The Hall–Kier alpha value is -2.02. The number of aromatic nitrogens is 3. The van der Waals surface area contributed by atoms with Crippen molar-refractivity contribution in [1.29, 1.82) is 0 Å². The van der Waals surface area contributed by atoms with Gasteiger partial charge in [-0.05, 0) is 30.0 Å². The van der Waals surface area contributed by atoms with Gasteiger partial charge in [-0.1, -0.05) is 0 Å². The number of aryl methyl sites for hydroxylation is 1. The van der Waals surface area contributed by atoms with Crippen LogP contribution in [0.3, 0.4) is 0 Å². The highest BCUT2D eigenvalue weighted by molar-refractivity contribution is 7.99. The van der Waals surface area contributed by atoms with Crippen molar-refractivity contribution in [2.45, 2.75) is 10.1 Å². The number of nitrogens with zero attached hydrogens (tertiary/aromatic N) is 3. The predicted molar refractivity (Wildman–Crippen MR) is 65.1 cm³/mol. The molecule has 0 aliphatic rings. The van der Waals surface area contributed by atoms with E-state index in [4.69, 9.17) is 9.84 Å². The van der Waals surface area contributed by atoms with Crippen LogP contribution in [-0.2, 0) is 7.05 Å². The molecular formula is C11H11N3O3S. The van der Waals surface area contributed by atoms with Crippen molar-refractivity contribution in [2.24, 2.45) is 7.05 Å². The van der Waals surface area contributed by atoms with Crippen LogP contribution in [0, 0.1) is 0 Å². The lowest BCUT2D eigenvalue weighted by molar-refractivity contribution is 0.0693. The first-order valence-corrected chi connectivity index (χ1v) is 5.86. The second kappa shape index (κ2) is 5.09. The summed E-state index contributed by atoms with van der Waals surface area (Å²) in [5, 5.41) is 17.4. The molecule has 0 atom stereocenters. The molecule has 6 nitrogen and oxygen atoms in total. The van der Waals surface area contributed by atoms with Crippen molar-refractivity contribution < 1.29 is 14.6 Å². The Bertz CT molecular complexity index is 583. The van der Waals surface area contributed by atoms with Crippen molar-refractivity contribution >= 4 is 17.7 Å². The number of rotatable bonds is 4. The Morgan fingerprint density at radius 2 is 2.28 bits per heavy atom. The molecule has 0 radical (unpaired) electrons. The zero-order valence-corrected chi connectivity index (χ0v) is 10.6. The highest BCUT2D eigenvalue weighted by Gasteiger charge is 2.14. The van der Waals surface area contributed by atoms with E-state index in [0.29, 0.717) is 15.8 Å². The van der Waals surface area contributed by atoms with Gasteiger partial charge < -0.3 is 14.4 Å². The van der Waals surface area contributed by atoms with Crippen LogP contribution < -0.4 is 4.74 Å². The molecule has 18 heavy (non-hydrogen) atoms. The normalized spacial score (nSPS) is 10.3. The minimum atomic E-state index is -0.984. The Balaban J connectivity index is 2.41. The second-order valence-electron chi connectivity index (χ2n) is 3.49. The highest BCUT2D eigenvalue weighted by Crippen LogP contribution is 2.31. The number of ether oxygens (including phenoxy) is 1. The second-order valence-corrected chi connectivity index (χ2v) is 4.50. The number of hydrogen-bond donors (Lipinski definition) is 1. The van der Waals surface area contributed by atoms with E-state index in [1.807, 2.05) is 0 Å². The van der Waals surface area contributed by atoms with E-state index in [1.165, 1.54) is 24.9 Å². The van der Waals surface area contributed by atoms with E-state index in [2.05, 4.69) is 10.2 Å². The molecule has 2 rings (SSSR count). The third-order valence-corrected chi connectivity index (χ3v) is 3.40. The molecule has 0 unspecified atom stereocenters. The first-order chi connectivity index (χ1) is 8.61. The predicted octanol–water partition coefficient (Wildman–Crippen LogP) is 1.67. The first kappa shape index (κ1) is 12.4. The Labute approximate surface area is 108 Å². The highest BCUT2D eigenvalue weighted by atomic mass is 32.2. The van der Waals surface area contributed by atoms with Crippen molar-refractivity contribution in [1.82, 2.24) is 14.8 Å². The van der Waals surface area contributed by atoms with Crippen LogP contribution in [0.15, 0.2) is 34.6 Å². The van der Waals surface area contributed by atoms with Crippen LogP contribution >= 0.6 is 11.8 Å². The minimum absolute atomic E-state index is 0.212. The van der Waals surface area contributed by atoms with Gasteiger partial charge in [0.05, 0.1) is 12.7 Å². The molecule has 0 aliphatic carbocycles. The molecule has 1 aromatic heterocycles. The number of carboxylic acids is 1. The summed E-state index contributed by atoms with van der Waals surface area (Å²) in [5.74, 6) is -0.382. The van der Waals surface area contributed by atoms with Gasteiger partial charge in [0.2, 0.25) is 0 Å². The zero-order chi connectivity index (χ0) is 13.1. The third-order valence-electron chi connectivity index (χ3n) is 2.29. The van der Waals surface area contributed by atoms with Gasteiger partial charge in [0.1, 0.15) is 12.1 Å². The lowest BCUT2D eigenvalue weighted by Crippen LogP contribution is -2.00. The maximum absolute atomic E-state index is 11.1. The maximum atomic E-state index is 11.1. The number of aromatic carboxylic acids is 1. The summed E-state index contributed by atoms with van der Waals surface area (Å²) in [5.41, 5.74) is 0.212. The summed E-state index contributed by atoms with van der Waals surface area (Å²) in [4.78, 5) is 11.7. The molecule has 1 heterocycles. The van der Waals surface area contributed by atoms with Crippen molar-refractivity contribution in [3.8, 4) is 5.75 Å². The zero-order valence-electron chi connectivity index (χ0n) is 9.82. The topological polar surface area (TPSA) is 77.2 Å². The SMILES string of the molecule is COc1ccc(C(=O)O)c(Sc2nncn2C)c1. The summed E-state index contributed by atoms with van der Waals surface area (Å²) in [6.07, 6.45) is 1.56. The molecule has 0 saturated carbocycles. The number of carbonyl (C=O) groups is 1. The molecule has 0 bridgehead atoms. The molecule has 2 aromatic rings. The summed E-state index contributed by atoms with van der Waals surface area (Å²) < 4.78 is 6.81. The Morgan fingerprint density at radius 3 is 2.83 bits per heavy atom. The molecule has 1 aromatic carbocycles. The standard InChI is InChI=1S/C11H11N3O3S/c1-14-6-12-13-11(14)18-9-5-7(17-2)3-4-8(9)10(15)16/h3-6H,1-2H3,(H,15,16). The monoisotopic (exact) mass is 265 g/mol. The molecular weight excluding hydrogens is 254 g/mol. The molecule has 0 amide bonds. The average molecular weight is 265 g/mol. The summed E-state index contributed by atoms with van der Waals surface area (Å²) in [7, 11) is 3.33. The number of methoxy groups -OCH3 is 1. The fraction of sp³-hybridized carbons (Fsp3) is 0.182. The van der Waals surface area contributed by atoms with Gasteiger partial charge in [0.25, 0.3) is 0 Å². The van der Waals surface area contributed by atoms with E-state index < -0.39 is 5.97 Å². The third kappa shape index (κ3) is 2.45. The van der Waals surface area contributed by atoms with Gasteiger partial charge >= 0.3 is 5.97 Å². The maximum Gasteiger partial charge on any atom is 0.336 e. The summed E-state index contributed by atoms with van der Waals surface area (Å²) >= 11 is 1.23. The van der Waals surface area contributed by atoms with E-state index >= 15 is 0 Å². The van der Waals surface area contributed by atoms with Crippen molar-refractivity contribution in [3.05, 3.63) is 30.1 Å². The number of benzene rings is 1. The van der Waals surface area contributed by atoms with Crippen LogP contribution in [0.5, 0.6) is 5.75 Å². The van der Waals surface area contributed by atoms with Crippen molar-refractivity contribution in [2.75, 3.05) is 7.11 Å². The molecule has 94 valence electrons. The van der Waals surface area contributed by atoms with Gasteiger partial charge in [-0.2, -0.15) is 0 Å². The largest absolute Gasteiger partial charge is 0.497 e. The fourth-order valence-electron chi connectivity index (χ4n) is 1.35. The molecule has 0 fully saturated rings. The van der Waals surface area contributed by atoms with Crippen LogP contribution in [0.2, 0.25) is 0 Å². The molecule has 1 N–H and O–H groups in total. The van der Waals surface area contributed by atoms with Crippen LogP contribution in [0.1, 0.15) is 10.4 Å². The van der Waals surface area contributed by atoms with E-state index in [1.54, 1.807) is 30.1 Å². The smallest absolute Gasteiger partial charge is 0.336 e. The lowest BCUT2D eigenvalue weighted by Gasteiger charge is -2.07. The molecule has 7 heteroatoms. The van der Waals surface area contributed by atoms with Crippen LogP contribution in [0.25, 0.3) is 0 Å². The number of carboxylic acid groups (broad SMARTS) is 1.